The van der Waals surface area contributed by atoms with Gasteiger partial charge in [0.15, 0.2) is 0 Å². The molecule has 0 saturated heterocycles. The van der Waals surface area contributed by atoms with E-state index in [1.165, 1.54) is 5.56 Å². The van der Waals surface area contributed by atoms with Gasteiger partial charge in [-0.1, -0.05) is 43.7 Å². The predicted molar refractivity (Wildman–Crippen MR) is 80.3 cm³/mol. The Morgan fingerprint density at radius 2 is 1.95 bits per heavy atom. The molecule has 0 spiro atoms. The van der Waals surface area contributed by atoms with Crippen LogP contribution in [0.5, 0.6) is 0 Å². The van der Waals surface area contributed by atoms with E-state index in [9.17, 15) is 0 Å². The number of nitrogens with one attached hydrogen (secondary N) is 1. The normalized spacial score (nSPS) is 15.9. The lowest BCUT2D eigenvalue weighted by atomic mass is 9.95. The van der Waals surface area contributed by atoms with Crippen LogP contribution in [0.4, 0.5) is 5.82 Å². The number of hydrogen-bond acceptors (Lipinski definition) is 4. The van der Waals surface area contributed by atoms with Crippen LogP contribution in [0.15, 0.2) is 36.4 Å². The molecule has 1 fully saturated rings. The first-order valence-electron chi connectivity index (χ1n) is 7.19. The summed E-state index contributed by atoms with van der Waals surface area (Å²) in [5.41, 5.74) is 5.03. The van der Waals surface area contributed by atoms with E-state index in [0.717, 1.165) is 37.2 Å². The van der Waals surface area contributed by atoms with Crippen LogP contribution < -0.4 is 11.3 Å². The van der Waals surface area contributed by atoms with E-state index in [0.29, 0.717) is 5.82 Å². The molecule has 1 aliphatic rings. The van der Waals surface area contributed by atoms with Crippen LogP contribution in [-0.2, 0) is 11.8 Å². The Morgan fingerprint density at radius 3 is 2.55 bits per heavy atom. The van der Waals surface area contributed by atoms with Gasteiger partial charge in [0.05, 0.1) is 5.41 Å². The maximum Gasteiger partial charge on any atom is 0.143 e. The first-order chi connectivity index (χ1) is 9.78. The Hall–Kier alpha value is -1.94. The second-order valence-electron chi connectivity index (χ2n) is 5.41. The molecule has 104 valence electrons. The van der Waals surface area contributed by atoms with Gasteiger partial charge in [-0.25, -0.2) is 15.8 Å². The van der Waals surface area contributed by atoms with Crippen molar-refractivity contribution < 1.29 is 0 Å². The van der Waals surface area contributed by atoms with Gasteiger partial charge in [0.1, 0.15) is 11.6 Å². The summed E-state index contributed by atoms with van der Waals surface area (Å²) >= 11 is 0. The Morgan fingerprint density at radius 1 is 1.20 bits per heavy atom. The Kier molecular flexibility index (Phi) is 3.40. The fourth-order valence-corrected chi connectivity index (χ4v) is 2.69. The Labute approximate surface area is 119 Å². The molecule has 1 aromatic heterocycles. The van der Waals surface area contributed by atoms with Gasteiger partial charge in [-0.2, -0.15) is 0 Å². The monoisotopic (exact) mass is 268 g/mol. The molecular formula is C16H20N4. The summed E-state index contributed by atoms with van der Waals surface area (Å²) in [4.78, 5) is 9.37. The number of anilines is 1. The highest BCUT2D eigenvalue weighted by Crippen LogP contribution is 2.52. The first-order valence-corrected chi connectivity index (χ1v) is 7.19. The van der Waals surface area contributed by atoms with Crippen molar-refractivity contribution in [2.45, 2.75) is 38.0 Å². The number of aryl methyl sites for hydroxylation is 1. The minimum Gasteiger partial charge on any atom is -0.308 e. The number of nitrogens with zero attached hydrogens (tertiary/aromatic N) is 2. The van der Waals surface area contributed by atoms with Gasteiger partial charge in [-0.15, -0.1) is 0 Å². The van der Waals surface area contributed by atoms with Gasteiger partial charge in [0.2, 0.25) is 0 Å². The Balaban J connectivity index is 2.03. The number of rotatable bonds is 5. The zero-order chi connectivity index (χ0) is 14.0. The lowest BCUT2D eigenvalue weighted by Gasteiger charge is -2.16. The van der Waals surface area contributed by atoms with Crippen molar-refractivity contribution in [3.05, 3.63) is 53.5 Å². The maximum absolute atomic E-state index is 5.55. The third kappa shape index (κ3) is 2.27. The molecule has 1 saturated carbocycles. The van der Waals surface area contributed by atoms with Gasteiger partial charge in [-0.05, 0) is 24.8 Å². The fourth-order valence-electron chi connectivity index (χ4n) is 2.69. The average molecular weight is 268 g/mol. The molecule has 3 N–H and O–H groups in total. The number of benzene rings is 1. The van der Waals surface area contributed by atoms with Crippen molar-refractivity contribution in [1.29, 1.82) is 0 Å². The molecule has 4 heteroatoms. The number of aromatic nitrogens is 2. The maximum atomic E-state index is 5.55. The molecular weight excluding hydrogens is 248 g/mol. The van der Waals surface area contributed by atoms with Crippen LogP contribution in [0.2, 0.25) is 0 Å². The molecule has 20 heavy (non-hydrogen) atoms. The van der Waals surface area contributed by atoms with E-state index in [2.05, 4.69) is 41.6 Å². The standard InChI is InChI=1S/C16H20N4/c1-2-6-13-11-14(20-17)19-15(18-13)16(9-10-16)12-7-4-3-5-8-12/h3-5,7-8,11H,2,6,9-10,17H2,1H3,(H,18,19,20). The highest BCUT2D eigenvalue weighted by Gasteiger charge is 2.48. The molecule has 1 aromatic carbocycles. The van der Waals surface area contributed by atoms with E-state index < -0.39 is 0 Å². The predicted octanol–water partition coefficient (Wildman–Crippen LogP) is 2.79. The van der Waals surface area contributed by atoms with Gasteiger partial charge >= 0.3 is 0 Å². The van der Waals surface area contributed by atoms with Crippen molar-refractivity contribution in [2.75, 3.05) is 5.43 Å². The van der Waals surface area contributed by atoms with Crippen molar-refractivity contribution in [3.63, 3.8) is 0 Å². The minimum atomic E-state index is -0.00336. The number of nitrogen functional groups attached to an aromatic ring is 1. The van der Waals surface area contributed by atoms with Crippen molar-refractivity contribution in [3.8, 4) is 0 Å². The topological polar surface area (TPSA) is 63.8 Å². The van der Waals surface area contributed by atoms with Crippen molar-refractivity contribution in [1.82, 2.24) is 9.97 Å². The first kappa shape index (κ1) is 13.1. The molecule has 0 amide bonds. The van der Waals surface area contributed by atoms with Gasteiger partial charge in [0.25, 0.3) is 0 Å². The number of hydrogen-bond donors (Lipinski definition) is 2. The van der Waals surface area contributed by atoms with Gasteiger partial charge < -0.3 is 5.43 Å². The van der Waals surface area contributed by atoms with E-state index in [1.54, 1.807) is 0 Å². The summed E-state index contributed by atoms with van der Waals surface area (Å²) in [5.74, 6) is 7.16. The van der Waals surface area contributed by atoms with Crippen LogP contribution in [0.3, 0.4) is 0 Å². The van der Waals surface area contributed by atoms with Crippen LogP contribution >= 0.6 is 0 Å². The molecule has 3 rings (SSSR count). The van der Waals surface area contributed by atoms with Gasteiger partial charge in [0, 0.05) is 11.8 Å². The van der Waals surface area contributed by atoms with Gasteiger partial charge in [-0.3, -0.25) is 0 Å². The van der Waals surface area contributed by atoms with Crippen LogP contribution in [0.1, 0.15) is 43.3 Å². The lowest BCUT2D eigenvalue weighted by molar-refractivity contribution is 0.733. The zero-order valence-electron chi connectivity index (χ0n) is 11.8. The smallest absolute Gasteiger partial charge is 0.143 e. The molecule has 0 atom stereocenters. The SMILES string of the molecule is CCCc1cc(NN)nc(C2(c3ccccc3)CC2)n1. The third-order valence-electron chi connectivity index (χ3n) is 3.94. The highest BCUT2D eigenvalue weighted by molar-refractivity contribution is 5.43. The third-order valence-corrected chi connectivity index (χ3v) is 3.94. The second kappa shape index (κ2) is 5.21. The van der Waals surface area contributed by atoms with Crippen LogP contribution in [0.25, 0.3) is 0 Å². The summed E-state index contributed by atoms with van der Waals surface area (Å²) < 4.78 is 0. The summed E-state index contributed by atoms with van der Waals surface area (Å²) in [6.07, 6.45) is 4.24. The molecule has 4 nitrogen and oxygen atoms in total. The molecule has 2 aromatic rings. The zero-order valence-corrected chi connectivity index (χ0v) is 11.8. The van der Waals surface area contributed by atoms with Crippen LogP contribution in [0, 0.1) is 0 Å². The molecule has 0 bridgehead atoms. The molecule has 1 heterocycles. The largest absolute Gasteiger partial charge is 0.308 e. The second-order valence-corrected chi connectivity index (χ2v) is 5.41. The molecule has 0 unspecified atom stereocenters. The van der Waals surface area contributed by atoms with E-state index in [-0.39, 0.29) is 5.41 Å². The van der Waals surface area contributed by atoms with E-state index in [4.69, 9.17) is 10.8 Å². The van der Waals surface area contributed by atoms with Crippen molar-refractivity contribution in [2.24, 2.45) is 5.84 Å². The summed E-state index contributed by atoms with van der Waals surface area (Å²) in [6.45, 7) is 2.15. The summed E-state index contributed by atoms with van der Waals surface area (Å²) in [7, 11) is 0. The average Bonchev–Trinajstić information content (AvgIpc) is 3.30. The van der Waals surface area contributed by atoms with Crippen molar-refractivity contribution >= 4 is 5.82 Å². The molecule has 1 aliphatic carbocycles. The lowest BCUT2D eigenvalue weighted by Crippen LogP contribution is -2.18. The molecule has 0 aliphatic heterocycles. The fraction of sp³-hybridized carbons (Fsp3) is 0.375. The summed E-state index contributed by atoms with van der Waals surface area (Å²) in [5, 5.41) is 0. The number of nitrogens with two attached hydrogens (primary N) is 1. The Bertz CT molecular complexity index is 591. The van der Waals surface area contributed by atoms with E-state index >= 15 is 0 Å². The quantitative estimate of drug-likeness (QED) is 0.646. The van der Waals surface area contributed by atoms with Crippen LogP contribution in [-0.4, -0.2) is 9.97 Å². The number of hydrazine groups is 1. The minimum absolute atomic E-state index is 0.00336. The summed E-state index contributed by atoms with van der Waals surface area (Å²) in [6, 6.07) is 12.5. The molecule has 0 radical (unpaired) electrons. The van der Waals surface area contributed by atoms with E-state index in [1.807, 2.05) is 12.1 Å². The highest BCUT2D eigenvalue weighted by atomic mass is 15.3.